The van der Waals surface area contributed by atoms with Crippen LogP contribution in [0.25, 0.3) is 0 Å². The van der Waals surface area contributed by atoms with Crippen molar-refractivity contribution in [2.24, 2.45) is 0 Å². The Morgan fingerprint density at radius 3 is 2.65 bits per heavy atom. The Bertz CT molecular complexity index is 602. The van der Waals surface area contributed by atoms with Gasteiger partial charge >= 0.3 is 0 Å². The number of aryl methyl sites for hydroxylation is 1. The van der Waals surface area contributed by atoms with Gasteiger partial charge in [-0.1, -0.05) is 18.5 Å². The lowest BCUT2D eigenvalue weighted by Crippen LogP contribution is -2.37. The number of carbonyl (C=O) groups is 1. The molecule has 1 rings (SSSR count). The van der Waals surface area contributed by atoms with E-state index in [2.05, 4.69) is 10.0 Å². The number of nitrogens with two attached hydrogens (primary N) is 1. The smallest absolute Gasteiger partial charge is 0.241 e. The number of benzene rings is 1. The van der Waals surface area contributed by atoms with Crippen LogP contribution in [0.2, 0.25) is 5.02 Å². The highest BCUT2D eigenvalue weighted by Gasteiger charge is 2.19. The Morgan fingerprint density at radius 1 is 1.40 bits per heavy atom. The molecule has 0 saturated heterocycles. The molecule has 6 nitrogen and oxygen atoms in total. The third kappa shape index (κ3) is 4.36. The first kappa shape index (κ1) is 16.7. The molecule has 0 unspecified atom stereocenters. The van der Waals surface area contributed by atoms with Crippen LogP contribution >= 0.6 is 11.6 Å². The summed E-state index contributed by atoms with van der Waals surface area (Å²) >= 11 is 5.82. The van der Waals surface area contributed by atoms with E-state index < -0.39 is 10.0 Å². The molecule has 4 N–H and O–H groups in total. The van der Waals surface area contributed by atoms with E-state index in [1.54, 1.807) is 6.92 Å². The van der Waals surface area contributed by atoms with Crippen molar-refractivity contribution in [1.82, 2.24) is 10.0 Å². The molecular formula is C12H18ClN3O3S. The molecular weight excluding hydrogens is 302 g/mol. The predicted octanol–water partition coefficient (Wildman–Crippen LogP) is 1.04. The molecule has 8 heteroatoms. The zero-order valence-corrected chi connectivity index (χ0v) is 12.9. The molecule has 0 bridgehead atoms. The maximum atomic E-state index is 12.1. The fourth-order valence-corrected chi connectivity index (χ4v) is 2.98. The molecule has 0 spiro atoms. The molecule has 0 heterocycles. The van der Waals surface area contributed by atoms with Crippen molar-refractivity contribution in [2.75, 3.05) is 18.8 Å². The fraction of sp³-hybridized carbons (Fsp3) is 0.417. The van der Waals surface area contributed by atoms with Gasteiger partial charge in [0.25, 0.3) is 0 Å². The maximum Gasteiger partial charge on any atom is 0.241 e. The van der Waals surface area contributed by atoms with Gasteiger partial charge in [-0.25, -0.2) is 13.1 Å². The topological polar surface area (TPSA) is 101 Å². The summed E-state index contributed by atoms with van der Waals surface area (Å²) in [7, 11) is -3.80. The average Bonchev–Trinajstić information content (AvgIpc) is 2.38. The third-order valence-electron chi connectivity index (χ3n) is 2.58. The number of amides is 1. The first-order valence-electron chi connectivity index (χ1n) is 6.10. The Kier molecular flexibility index (Phi) is 5.79. The van der Waals surface area contributed by atoms with Crippen LogP contribution in [-0.2, 0) is 14.8 Å². The van der Waals surface area contributed by atoms with Crippen LogP contribution in [0.3, 0.4) is 0 Å². The molecule has 0 saturated carbocycles. The van der Waals surface area contributed by atoms with Crippen LogP contribution in [0.15, 0.2) is 17.0 Å². The second kappa shape index (κ2) is 6.92. The van der Waals surface area contributed by atoms with E-state index in [0.29, 0.717) is 17.1 Å². The molecule has 0 aliphatic rings. The summed E-state index contributed by atoms with van der Waals surface area (Å²) in [6.45, 7) is 3.71. The first-order valence-corrected chi connectivity index (χ1v) is 7.96. The minimum atomic E-state index is -3.80. The summed E-state index contributed by atoms with van der Waals surface area (Å²) in [5.41, 5.74) is 6.24. The van der Waals surface area contributed by atoms with E-state index in [1.165, 1.54) is 12.1 Å². The number of nitrogens with one attached hydrogen (secondary N) is 2. The Labute approximate surface area is 123 Å². The lowest BCUT2D eigenvalue weighted by molar-refractivity contribution is -0.119. The summed E-state index contributed by atoms with van der Waals surface area (Å²) in [5.74, 6) is -0.380. The number of halogens is 1. The quantitative estimate of drug-likeness (QED) is 0.682. The van der Waals surface area contributed by atoms with Crippen molar-refractivity contribution in [2.45, 2.75) is 25.2 Å². The van der Waals surface area contributed by atoms with Crippen LogP contribution in [0, 0.1) is 6.92 Å². The van der Waals surface area contributed by atoms with Gasteiger partial charge in [-0.2, -0.15) is 0 Å². The van der Waals surface area contributed by atoms with Crippen molar-refractivity contribution in [3.8, 4) is 0 Å². The largest absolute Gasteiger partial charge is 0.397 e. The van der Waals surface area contributed by atoms with E-state index in [0.717, 1.165) is 6.42 Å². The van der Waals surface area contributed by atoms with Gasteiger partial charge < -0.3 is 11.1 Å². The molecule has 0 aromatic heterocycles. The zero-order valence-electron chi connectivity index (χ0n) is 11.4. The number of nitrogen functional groups attached to an aromatic ring is 1. The molecule has 1 aromatic carbocycles. The summed E-state index contributed by atoms with van der Waals surface area (Å²) in [6.07, 6.45) is 0.783. The molecule has 0 fully saturated rings. The van der Waals surface area contributed by atoms with Gasteiger partial charge in [-0.3, -0.25) is 4.79 Å². The van der Waals surface area contributed by atoms with Crippen LogP contribution in [0.4, 0.5) is 5.69 Å². The van der Waals surface area contributed by atoms with Gasteiger partial charge in [0.1, 0.15) is 0 Å². The molecule has 1 aromatic rings. The third-order valence-corrected chi connectivity index (χ3v) is 4.45. The maximum absolute atomic E-state index is 12.1. The standard InChI is InChI=1S/C12H18ClN3O3S/c1-3-4-15-12(17)7-16-20(18,19)11-6-10(14)9(13)5-8(11)2/h5-6,16H,3-4,7,14H2,1-2H3,(H,15,17). The van der Waals surface area contributed by atoms with Crippen molar-refractivity contribution in [3.05, 3.63) is 22.7 Å². The molecule has 0 atom stereocenters. The monoisotopic (exact) mass is 319 g/mol. The van der Waals surface area contributed by atoms with Crippen molar-refractivity contribution < 1.29 is 13.2 Å². The SMILES string of the molecule is CCCNC(=O)CNS(=O)(=O)c1cc(N)c(Cl)cc1C. The van der Waals surface area contributed by atoms with Gasteiger partial charge in [0.2, 0.25) is 15.9 Å². The van der Waals surface area contributed by atoms with Gasteiger partial charge in [0, 0.05) is 6.54 Å². The molecule has 0 radical (unpaired) electrons. The highest BCUT2D eigenvalue weighted by atomic mass is 35.5. The molecule has 112 valence electrons. The van der Waals surface area contributed by atoms with Gasteiger partial charge in [0.15, 0.2) is 0 Å². The summed E-state index contributed by atoms with van der Waals surface area (Å²) in [4.78, 5) is 11.4. The summed E-state index contributed by atoms with van der Waals surface area (Å²) < 4.78 is 26.4. The number of anilines is 1. The minimum Gasteiger partial charge on any atom is -0.397 e. The van der Waals surface area contributed by atoms with E-state index in [9.17, 15) is 13.2 Å². The number of hydrogen-bond acceptors (Lipinski definition) is 4. The Balaban J connectivity index is 2.84. The molecule has 1 amide bonds. The van der Waals surface area contributed by atoms with E-state index >= 15 is 0 Å². The average molecular weight is 320 g/mol. The number of rotatable bonds is 6. The molecule has 0 aliphatic heterocycles. The van der Waals surface area contributed by atoms with Crippen LogP contribution in [-0.4, -0.2) is 27.4 Å². The van der Waals surface area contributed by atoms with Crippen molar-refractivity contribution in [3.63, 3.8) is 0 Å². The van der Waals surface area contributed by atoms with E-state index in [-0.39, 0.29) is 23.0 Å². The van der Waals surface area contributed by atoms with E-state index in [1.807, 2.05) is 6.92 Å². The highest BCUT2D eigenvalue weighted by Crippen LogP contribution is 2.25. The normalized spacial score (nSPS) is 11.3. The first-order chi connectivity index (χ1) is 9.27. The fourth-order valence-electron chi connectivity index (χ4n) is 1.52. The second-order valence-corrected chi connectivity index (χ2v) is 6.46. The predicted molar refractivity (Wildman–Crippen MR) is 79.1 cm³/mol. The van der Waals surface area contributed by atoms with Gasteiger partial charge in [0.05, 0.1) is 22.2 Å². The van der Waals surface area contributed by atoms with Gasteiger partial charge in [-0.05, 0) is 31.0 Å². The van der Waals surface area contributed by atoms with Crippen LogP contribution < -0.4 is 15.8 Å². The minimum absolute atomic E-state index is 0.0164. The van der Waals surface area contributed by atoms with Crippen LogP contribution in [0.5, 0.6) is 0 Å². The van der Waals surface area contributed by atoms with Crippen LogP contribution in [0.1, 0.15) is 18.9 Å². The van der Waals surface area contributed by atoms with Crippen molar-refractivity contribution >= 4 is 33.2 Å². The van der Waals surface area contributed by atoms with Gasteiger partial charge in [-0.15, -0.1) is 0 Å². The van der Waals surface area contributed by atoms with Crippen molar-refractivity contribution in [1.29, 1.82) is 0 Å². The molecule has 0 aliphatic carbocycles. The Hall–Kier alpha value is -1.31. The Morgan fingerprint density at radius 2 is 2.05 bits per heavy atom. The number of carbonyl (C=O) groups excluding carboxylic acids is 1. The highest BCUT2D eigenvalue weighted by molar-refractivity contribution is 7.89. The number of sulfonamides is 1. The molecule has 20 heavy (non-hydrogen) atoms. The van der Waals surface area contributed by atoms with E-state index in [4.69, 9.17) is 17.3 Å². The second-order valence-electron chi connectivity index (χ2n) is 4.31. The number of hydrogen-bond donors (Lipinski definition) is 3. The lowest BCUT2D eigenvalue weighted by Gasteiger charge is -2.11. The zero-order chi connectivity index (χ0) is 15.3. The summed E-state index contributed by atoms with van der Waals surface area (Å²) in [6, 6.07) is 2.76. The lowest BCUT2D eigenvalue weighted by atomic mass is 10.2. The summed E-state index contributed by atoms with van der Waals surface area (Å²) in [5, 5.41) is 2.87.